The third kappa shape index (κ3) is 6.27. The summed E-state index contributed by atoms with van der Waals surface area (Å²) >= 11 is 0. The second-order valence-corrected chi connectivity index (χ2v) is 10.2. The summed E-state index contributed by atoms with van der Waals surface area (Å²) in [6.45, 7) is 5.98. The number of hydrogen-bond acceptors (Lipinski definition) is 6. The number of piperidine rings is 1. The quantitative estimate of drug-likeness (QED) is 0.358. The fraction of sp³-hybridized carbons (Fsp3) is 0.615. The number of amides is 2. The number of ether oxygens (including phenoxy) is 2. The minimum atomic E-state index is -0.931. The SMILES string of the molecule is COCCCCc1c(C(=O)N(CC(C)C)[C@@H]2O[C@@H]2C2CCCN(C(=O)O)C2)nnn1-c1ccccc1F. The van der Waals surface area contributed by atoms with Gasteiger partial charge in [0.2, 0.25) is 0 Å². The highest BCUT2D eigenvalue weighted by Gasteiger charge is 2.52. The Bertz CT molecular complexity index is 1090. The van der Waals surface area contributed by atoms with Gasteiger partial charge < -0.3 is 24.4 Å². The Balaban J connectivity index is 1.59. The van der Waals surface area contributed by atoms with Crippen LogP contribution in [0.25, 0.3) is 5.69 Å². The first kappa shape index (κ1) is 27.0. The van der Waals surface area contributed by atoms with Gasteiger partial charge in [-0.1, -0.05) is 31.2 Å². The molecule has 0 radical (unpaired) electrons. The van der Waals surface area contributed by atoms with Gasteiger partial charge in [0.05, 0.1) is 5.69 Å². The zero-order valence-corrected chi connectivity index (χ0v) is 21.7. The van der Waals surface area contributed by atoms with Crippen molar-refractivity contribution in [1.29, 1.82) is 0 Å². The minimum absolute atomic E-state index is 0.0277. The van der Waals surface area contributed by atoms with Gasteiger partial charge in [-0.3, -0.25) is 4.79 Å². The van der Waals surface area contributed by atoms with Gasteiger partial charge in [-0.2, -0.15) is 0 Å². The molecule has 3 atom stereocenters. The van der Waals surface area contributed by atoms with Crippen LogP contribution in [0, 0.1) is 17.7 Å². The van der Waals surface area contributed by atoms with Gasteiger partial charge in [-0.05, 0) is 50.2 Å². The van der Waals surface area contributed by atoms with Gasteiger partial charge in [0.15, 0.2) is 11.9 Å². The standard InChI is InChI=1S/C26H36FN5O5/c1-17(2)15-31(25-23(37-25)18-9-8-13-30(16-18)26(34)35)24(33)22-21(12-6-7-14-36-3)32(29-28-22)20-11-5-4-10-19(20)27/h4-5,10-11,17-18,23,25H,6-9,12-16H2,1-3H3,(H,34,35)/t18?,23-,25-/m1/s1. The molecule has 2 aromatic rings. The van der Waals surface area contributed by atoms with Crippen molar-refractivity contribution in [2.75, 3.05) is 33.4 Å². The number of carbonyl (C=O) groups excluding carboxylic acids is 1. The lowest BCUT2D eigenvalue weighted by Crippen LogP contribution is -2.43. The molecule has 0 aliphatic carbocycles. The number of epoxide rings is 1. The van der Waals surface area contributed by atoms with Crippen LogP contribution in [-0.4, -0.2) is 87.6 Å². The van der Waals surface area contributed by atoms with Crippen molar-refractivity contribution in [2.24, 2.45) is 11.8 Å². The van der Waals surface area contributed by atoms with E-state index in [4.69, 9.17) is 9.47 Å². The lowest BCUT2D eigenvalue weighted by molar-refractivity contribution is 0.0635. The number of carboxylic acid groups (broad SMARTS) is 1. The van der Waals surface area contributed by atoms with Gasteiger partial charge in [-0.15, -0.1) is 5.10 Å². The average Bonchev–Trinajstić information content (AvgIpc) is 3.57. The molecule has 0 spiro atoms. The molecule has 2 amide bonds. The topological polar surface area (TPSA) is 113 Å². The molecule has 1 unspecified atom stereocenters. The van der Waals surface area contributed by atoms with E-state index in [1.807, 2.05) is 13.8 Å². The van der Waals surface area contributed by atoms with E-state index in [1.54, 1.807) is 30.2 Å². The number of methoxy groups -OCH3 is 1. The number of unbranched alkanes of at least 4 members (excludes halogenated alkanes) is 1. The number of carbonyl (C=O) groups is 2. The second-order valence-electron chi connectivity index (χ2n) is 10.2. The lowest BCUT2D eigenvalue weighted by Gasteiger charge is -2.30. The molecular formula is C26H36FN5O5. The Kier molecular flexibility index (Phi) is 8.75. The number of likely N-dealkylation sites (tertiary alicyclic amines) is 1. The van der Waals surface area contributed by atoms with Crippen LogP contribution in [0.4, 0.5) is 9.18 Å². The largest absolute Gasteiger partial charge is 0.465 e. The highest BCUT2D eigenvalue weighted by atomic mass is 19.1. The van der Waals surface area contributed by atoms with Crippen molar-refractivity contribution < 1.29 is 28.6 Å². The second kappa shape index (κ2) is 12.0. The Hall–Kier alpha value is -3.05. The maximum atomic E-state index is 14.7. The third-order valence-electron chi connectivity index (χ3n) is 6.88. The number of halogens is 1. The summed E-state index contributed by atoms with van der Waals surface area (Å²) in [4.78, 5) is 28.5. The molecular weight excluding hydrogens is 481 g/mol. The maximum Gasteiger partial charge on any atom is 0.407 e. The lowest BCUT2D eigenvalue weighted by atomic mass is 9.94. The van der Waals surface area contributed by atoms with Crippen molar-refractivity contribution in [3.63, 3.8) is 0 Å². The molecule has 10 nitrogen and oxygen atoms in total. The minimum Gasteiger partial charge on any atom is -0.465 e. The molecule has 2 aliphatic rings. The van der Waals surface area contributed by atoms with Gasteiger partial charge in [0, 0.05) is 39.3 Å². The Morgan fingerprint density at radius 1 is 1.30 bits per heavy atom. The molecule has 1 N–H and O–H groups in total. The zero-order valence-electron chi connectivity index (χ0n) is 21.7. The number of hydrogen-bond donors (Lipinski definition) is 1. The number of rotatable bonds is 11. The molecule has 2 fully saturated rings. The molecule has 37 heavy (non-hydrogen) atoms. The van der Waals surface area contributed by atoms with Crippen LogP contribution in [0.15, 0.2) is 24.3 Å². The molecule has 0 bridgehead atoms. The molecule has 2 saturated heterocycles. The summed E-state index contributed by atoms with van der Waals surface area (Å²) in [5.41, 5.74) is 0.973. The summed E-state index contributed by atoms with van der Waals surface area (Å²) in [5.74, 6) is -0.562. The summed E-state index contributed by atoms with van der Waals surface area (Å²) in [6, 6.07) is 6.28. The molecule has 0 saturated carbocycles. The number of para-hydroxylation sites is 1. The van der Waals surface area contributed by atoms with E-state index in [2.05, 4.69) is 10.3 Å². The van der Waals surface area contributed by atoms with Crippen LogP contribution in [0.1, 0.15) is 55.7 Å². The van der Waals surface area contributed by atoms with E-state index in [9.17, 15) is 19.1 Å². The molecule has 1 aromatic heterocycles. The highest BCUT2D eigenvalue weighted by Crippen LogP contribution is 2.38. The van der Waals surface area contributed by atoms with E-state index >= 15 is 0 Å². The van der Waals surface area contributed by atoms with Gasteiger partial charge in [0.1, 0.15) is 17.6 Å². The van der Waals surface area contributed by atoms with Crippen molar-refractivity contribution in [3.8, 4) is 5.69 Å². The molecule has 202 valence electrons. The van der Waals surface area contributed by atoms with Gasteiger partial charge in [0.25, 0.3) is 5.91 Å². The zero-order chi connectivity index (χ0) is 26.5. The molecule has 2 aliphatic heterocycles. The maximum absolute atomic E-state index is 14.7. The Morgan fingerprint density at radius 2 is 2.08 bits per heavy atom. The number of nitrogens with zero attached hydrogens (tertiary/aromatic N) is 5. The number of aromatic nitrogens is 3. The van der Waals surface area contributed by atoms with E-state index < -0.39 is 18.1 Å². The van der Waals surface area contributed by atoms with Crippen LogP contribution in [-0.2, 0) is 15.9 Å². The first-order chi connectivity index (χ1) is 17.8. The van der Waals surface area contributed by atoms with Gasteiger partial charge in [-0.25, -0.2) is 13.9 Å². The van der Waals surface area contributed by atoms with Crippen LogP contribution >= 0.6 is 0 Å². The van der Waals surface area contributed by atoms with Gasteiger partial charge >= 0.3 is 6.09 Å². The smallest absolute Gasteiger partial charge is 0.407 e. The highest BCUT2D eigenvalue weighted by molar-refractivity contribution is 5.93. The predicted molar refractivity (Wildman–Crippen MR) is 133 cm³/mol. The fourth-order valence-corrected chi connectivity index (χ4v) is 5.04. The van der Waals surface area contributed by atoms with Crippen molar-refractivity contribution in [2.45, 2.75) is 58.3 Å². The van der Waals surface area contributed by atoms with E-state index in [-0.39, 0.29) is 35.2 Å². The normalized spacial score (nSPS) is 21.3. The Morgan fingerprint density at radius 3 is 2.78 bits per heavy atom. The predicted octanol–water partition coefficient (Wildman–Crippen LogP) is 3.59. The summed E-state index contributed by atoms with van der Waals surface area (Å²) in [5, 5.41) is 17.8. The van der Waals surface area contributed by atoms with E-state index in [0.717, 1.165) is 25.7 Å². The average molecular weight is 518 g/mol. The van der Waals surface area contributed by atoms with E-state index in [1.165, 1.54) is 15.6 Å². The van der Waals surface area contributed by atoms with Crippen molar-refractivity contribution in [1.82, 2.24) is 24.8 Å². The molecule has 1 aromatic carbocycles. The summed E-state index contributed by atoms with van der Waals surface area (Å²) in [6.07, 6.45) is 1.98. The Labute approximate surface area is 216 Å². The van der Waals surface area contributed by atoms with Crippen LogP contribution in [0.5, 0.6) is 0 Å². The first-order valence-corrected chi connectivity index (χ1v) is 12.9. The summed E-state index contributed by atoms with van der Waals surface area (Å²) in [7, 11) is 1.64. The van der Waals surface area contributed by atoms with Crippen LogP contribution in [0.2, 0.25) is 0 Å². The third-order valence-corrected chi connectivity index (χ3v) is 6.88. The number of benzene rings is 1. The molecule has 3 heterocycles. The van der Waals surface area contributed by atoms with Crippen LogP contribution in [0.3, 0.4) is 0 Å². The summed E-state index contributed by atoms with van der Waals surface area (Å²) < 4.78 is 27.2. The first-order valence-electron chi connectivity index (χ1n) is 12.9. The molecule has 11 heteroatoms. The molecule has 4 rings (SSSR count). The van der Waals surface area contributed by atoms with Crippen molar-refractivity contribution >= 4 is 12.0 Å². The van der Waals surface area contributed by atoms with Crippen molar-refractivity contribution in [3.05, 3.63) is 41.5 Å². The fourth-order valence-electron chi connectivity index (χ4n) is 5.04. The van der Waals surface area contributed by atoms with Crippen LogP contribution < -0.4 is 0 Å². The van der Waals surface area contributed by atoms with E-state index in [0.29, 0.717) is 38.4 Å². The monoisotopic (exact) mass is 517 g/mol.